The fourth-order valence-corrected chi connectivity index (χ4v) is 1.31. The molecule has 0 bridgehead atoms. The van der Waals surface area contributed by atoms with Gasteiger partial charge in [0.1, 0.15) is 5.82 Å². The predicted molar refractivity (Wildman–Crippen MR) is 66.0 cm³/mol. The van der Waals surface area contributed by atoms with Gasteiger partial charge in [-0.1, -0.05) is 0 Å². The van der Waals surface area contributed by atoms with Crippen molar-refractivity contribution >= 4 is 23.2 Å². The number of carbonyl (C=O) groups excluding carboxylic acids is 1. The fraction of sp³-hybridized carbons (Fsp3) is 0.333. The van der Waals surface area contributed by atoms with Gasteiger partial charge in [-0.05, 0) is 6.07 Å². The minimum atomic E-state index is -0.566. The molecule has 0 spiro atoms. The molecule has 0 aliphatic rings. The van der Waals surface area contributed by atoms with Crippen LogP contribution in [0.5, 0.6) is 0 Å². The molecule has 0 aliphatic carbocycles. The Morgan fingerprint density at radius 1 is 1.61 bits per heavy atom. The highest BCUT2D eigenvalue weighted by Crippen LogP contribution is 2.26. The number of carbonyl (C=O) groups is 1. The number of nitrogen functional groups attached to an aromatic ring is 1. The Morgan fingerprint density at radius 3 is 2.78 bits per heavy atom. The van der Waals surface area contributed by atoms with Crippen LogP contribution in [0.25, 0.3) is 0 Å². The van der Waals surface area contributed by atoms with E-state index in [1.165, 1.54) is 31.1 Å². The number of nitro groups is 1. The Morgan fingerprint density at radius 2 is 2.28 bits per heavy atom. The van der Waals surface area contributed by atoms with Crippen LogP contribution in [-0.4, -0.2) is 36.5 Å². The van der Waals surface area contributed by atoms with E-state index in [0.717, 1.165) is 0 Å². The highest BCUT2D eigenvalue weighted by Gasteiger charge is 2.20. The number of likely N-dealkylation sites (N-methyl/N-ethyl adjacent to an activating group) is 2. The van der Waals surface area contributed by atoms with Crippen LogP contribution in [0.4, 0.5) is 17.3 Å². The maximum atomic E-state index is 11.2. The van der Waals surface area contributed by atoms with Crippen LogP contribution in [0.15, 0.2) is 12.1 Å². The summed E-state index contributed by atoms with van der Waals surface area (Å²) in [5, 5.41) is 13.3. The molecule has 98 valence electrons. The van der Waals surface area contributed by atoms with E-state index in [-0.39, 0.29) is 29.8 Å². The summed E-state index contributed by atoms with van der Waals surface area (Å²) >= 11 is 0. The van der Waals surface area contributed by atoms with E-state index in [0.29, 0.717) is 0 Å². The first-order valence-corrected chi connectivity index (χ1v) is 5.03. The van der Waals surface area contributed by atoms with Crippen molar-refractivity contribution in [2.75, 3.05) is 31.0 Å². The highest BCUT2D eigenvalue weighted by molar-refractivity contribution is 5.81. The van der Waals surface area contributed by atoms with Gasteiger partial charge in [-0.25, -0.2) is 10.8 Å². The molecule has 0 unspecified atom stereocenters. The van der Waals surface area contributed by atoms with Gasteiger partial charge in [0.05, 0.1) is 11.5 Å². The van der Waals surface area contributed by atoms with Crippen molar-refractivity contribution in [3.05, 3.63) is 22.2 Å². The molecule has 1 aromatic heterocycles. The molecule has 1 amide bonds. The topological polar surface area (TPSA) is 126 Å². The molecule has 0 saturated carbocycles. The summed E-state index contributed by atoms with van der Waals surface area (Å²) < 4.78 is 0. The second kappa shape index (κ2) is 5.77. The molecule has 0 atom stereocenters. The maximum absolute atomic E-state index is 11.2. The summed E-state index contributed by atoms with van der Waals surface area (Å²) in [7, 11) is 3.01. The second-order valence-electron chi connectivity index (χ2n) is 3.47. The average Bonchev–Trinajstić information content (AvgIpc) is 2.37. The smallest absolute Gasteiger partial charge is 0.311 e. The number of nitrogens with zero attached hydrogens (tertiary/aromatic N) is 3. The van der Waals surface area contributed by atoms with Crippen molar-refractivity contribution in [1.82, 2.24) is 10.3 Å². The third-order valence-electron chi connectivity index (χ3n) is 2.22. The van der Waals surface area contributed by atoms with Crippen molar-refractivity contribution in [1.29, 1.82) is 0 Å². The first-order chi connectivity index (χ1) is 8.49. The summed E-state index contributed by atoms with van der Waals surface area (Å²) in [6, 6.07) is 2.66. The highest BCUT2D eigenvalue weighted by atomic mass is 16.6. The molecule has 1 heterocycles. The van der Waals surface area contributed by atoms with Crippen LogP contribution in [0.1, 0.15) is 0 Å². The number of nitrogens with two attached hydrogens (primary N) is 1. The molecule has 9 heteroatoms. The Bertz CT molecular complexity index is 464. The lowest BCUT2D eigenvalue weighted by atomic mass is 10.3. The number of rotatable bonds is 5. The van der Waals surface area contributed by atoms with Crippen LogP contribution >= 0.6 is 0 Å². The van der Waals surface area contributed by atoms with Crippen molar-refractivity contribution in [2.24, 2.45) is 5.84 Å². The van der Waals surface area contributed by atoms with E-state index in [1.807, 2.05) is 0 Å². The zero-order valence-electron chi connectivity index (χ0n) is 10.0. The summed E-state index contributed by atoms with van der Waals surface area (Å²) in [6.07, 6.45) is 0. The van der Waals surface area contributed by atoms with Crippen molar-refractivity contribution in [3.63, 3.8) is 0 Å². The van der Waals surface area contributed by atoms with Gasteiger partial charge in [-0.3, -0.25) is 14.9 Å². The third kappa shape index (κ3) is 3.04. The molecule has 1 rings (SSSR count). The van der Waals surface area contributed by atoms with Crippen molar-refractivity contribution in [3.8, 4) is 0 Å². The van der Waals surface area contributed by atoms with Gasteiger partial charge in [0.25, 0.3) is 0 Å². The van der Waals surface area contributed by atoms with E-state index in [4.69, 9.17) is 5.84 Å². The lowest BCUT2D eigenvalue weighted by Gasteiger charge is -2.17. The summed E-state index contributed by atoms with van der Waals surface area (Å²) in [5.41, 5.74) is 2.10. The van der Waals surface area contributed by atoms with Crippen LogP contribution in [-0.2, 0) is 4.79 Å². The number of hydrogen-bond acceptors (Lipinski definition) is 7. The lowest BCUT2D eigenvalue weighted by molar-refractivity contribution is -0.384. The Labute approximate surface area is 103 Å². The van der Waals surface area contributed by atoms with Gasteiger partial charge >= 0.3 is 5.69 Å². The van der Waals surface area contributed by atoms with E-state index in [9.17, 15) is 14.9 Å². The SMILES string of the molecule is CNC(=O)CN(C)c1nc(NN)ccc1[N+](=O)[O-]. The fourth-order valence-electron chi connectivity index (χ4n) is 1.31. The molecule has 1 aromatic rings. The number of hydrogen-bond donors (Lipinski definition) is 3. The number of pyridine rings is 1. The van der Waals surface area contributed by atoms with E-state index >= 15 is 0 Å². The van der Waals surface area contributed by atoms with Crippen molar-refractivity contribution < 1.29 is 9.72 Å². The van der Waals surface area contributed by atoms with Crippen LogP contribution < -0.4 is 21.5 Å². The number of nitrogens with one attached hydrogen (secondary N) is 2. The van der Waals surface area contributed by atoms with Crippen LogP contribution in [0.2, 0.25) is 0 Å². The minimum absolute atomic E-state index is 0.0433. The van der Waals surface area contributed by atoms with Gasteiger partial charge in [0.2, 0.25) is 11.7 Å². The Balaban J connectivity index is 3.10. The Hall–Kier alpha value is -2.42. The largest absolute Gasteiger partial charge is 0.358 e. The molecule has 18 heavy (non-hydrogen) atoms. The molecule has 0 radical (unpaired) electrons. The van der Waals surface area contributed by atoms with Gasteiger partial charge in [-0.15, -0.1) is 0 Å². The molecule has 9 nitrogen and oxygen atoms in total. The molecule has 0 aromatic carbocycles. The van der Waals surface area contributed by atoms with Crippen LogP contribution in [0.3, 0.4) is 0 Å². The molecular weight excluding hydrogens is 240 g/mol. The van der Waals surface area contributed by atoms with Gasteiger partial charge in [0.15, 0.2) is 0 Å². The molecule has 4 N–H and O–H groups in total. The first-order valence-electron chi connectivity index (χ1n) is 5.03. The summed E-state index contributed by atoms with van der Waals surface area (Å²) in [4.78, 5) is 26.9. The zero-order chi connectivity index (χ0) is 13.7. The van der Waals surface area contributed by atoms with Gasteiger partial charge < -0.3 is 15.6 Å². The number of amides is 1. The molecule has 0 fully saturated rings. The zero-order valence-corrected chi connectivity index (χ0v) is 10.0. The maximum Gasteiger partial charge on any atom is 0.311 e. The van der Waals surface area contributed by atoms with Gasteiger partial charge in [-0.2, -0.15) is 0 Å². The number of anilines is 2. The van der Waals surface area contributed by atoms with E-state index in [1.54, 1.807) is 0 Å². The number of hydrazine groups is 1. The quantitative estimate of drug-likeness (QED) is 0.366. The molecule has 0 aliphatic heterocycles. The van der Waals surface area contributed by atoms with E-state index in [2.05, 4.69) is 15.7 Å². The average molecular weight is 254 g/mol. The monoisotopic (exact) mass is 254 g/mol. The molecular formula is C9H14N6O3. The lowest BCUT2D eigenvalue weighted by Crippen LogP contribution is -2.33. The summed E-state index contributed by atoms with van der Waals surface area (Å²) in [6.45, 7) is -0.0433. The normalized spacial score (nSPS) is 9.72. The van der Waals surface area contributed by atoms with Crippen molar-refractivity contribution in [2.45, 2.75) is 0 Å². The standard InChI is InChI=1S/C9H14N6O3/c1-11-8(16)5-14(2)9-6(15(17)18)3-4-7(12-9)13-10/h3-4H,5,10H2,1-2H3,(H,11,16)(H,12,13). The third-order valence-corrected chi connectivity index (χ3v) is 2.22. The number of aromatic nitrogens is 1. The minimum Gasteiger partial charge on any atom is -0.358 e. The summed E-state index contributed by atoms with van der Waals surface area (Å²) in [5.74, 6) is 5.26. The predicted octanol–water partition coefficient (Wildman–Crippen LogP) is -0.542. The Kier molecular flexibility index (Phi) is 4.38. The van der Waals surface area contributed by atoms with Crippen LogP contribution in [0, 0.1) is 10.1 Å². The second-order valence-corrected chi connectivity index (χ2v) is 3.47. The van der Waals surface area contributed by atoms with Gasteiger partial charge in [0, 0.05) is 20.2 Å². The molecule has 0 saturated heterocycles. The first kappa shape index (κ1) is 13.6. The van der Waals surface area contributed by atoms with E-state index < -0.39 is 4.92 Å².